The molecule has 0 unspecified atom stereocenters. The summed E-state index contributed by atoms with van der Waals surface area (Å²) in [5.41, 5.74) is 0.897. The molecule has 58 heavy (non-hydrogen) atoms. The van der Waals surface area contributed by atoms with Crippen LogP contribution in [0.5, 0.6) is 11.5 Å². The molecule has 0 fully saturated rings. The Kier molecular flexibility index (Phi) is 15.1. The quantitative estimate of drug-likeness (QED) is 0.0462. The molecule has 0 aliphatic carbocycles. The molecule has 281 valence electrons. The standard InChI is InChI=1S/C36H25N5O11S3.3Na/c42-32-19-25(54(47,48)49)16-21-15-24(53(44,45)46)18-31(34(21)32)40-38-29-12-13-30(28-9-5-4-8-27(28)29)39-41-35-33(55(50,51)52)17-20-14-23(10-11-26(20)36(35)43)37-22-6-2-1-3-7-22;;;/h1-19,37,42-43H,(H,44,45,46)(H,47,48,49)(H,50,51,52);;;. The Morgan fingerprint density at radius 2 is 1.00 bits per heavy atom. The molecule has 16 nitrogen and oxygen atoms in total. The van der Waals surface area contributed by atoms with Crippen LogP contribution >= 0.6 is 0 Å². The van der Waals surface area contributed by atoms with Gasteiger partial charge in [0.2, 0.25) is 0 Å². The third-order valence-electron chi connectivity index (χ3n) is 8.34. The van der Waals surface area contributed by atoms with E-state index >= 15 is 0 Å². The molecule has 0 heterocycles. The van der Waals surface area contributed by atoms with E-state index in [0.29, 0.717) is 16.5 Å². The fraction of sp³-hybridized carbons (Fsp3) is 0. The van der Waals surface area contributed by atoms with Crippen molar-refractivity contribution in [2.75, 3.05) is 5.32 Å². The first-order valence-corrected chi connectivity index (χ1v) is 20.0. The van der Waals surface area contributed by atoms with Gasteiger partial charge in [-0.15, -0.1) is 20.5 Å². The maximum atomic E-state index is 12.5. The summed E-state index contributed by atoms with van der Waals surface area (Å²) in [6.07, 6.45) is 0. The van der Waals surface area contributed by atoms with Crippen molar-refractivity contribution in [2.24, 2.45) is 20.5 Å². The molecule has 0 aliphatic heterocycles. The molecule has 3 radical (unpaired) electrons. The number of hydrogen-bond donors (Lipinski definition) is 6. The number of benzene rings is 7. The van der Waals surface area contributed by atoms with Crippen LogP contribution in [0.2, 0.25) is 0 Å². The van der Waals surface area contributed by atoms with Crippen molar-refractivity contribution < 1.29 is 49.1 Å². The molecule has 0 spiro atoms. The van der Waals surface area contributed by atoms with Crippen molar-refractivity contribution in [2.45, 2.75) is 14.7 Å². The number of nitrogens with one attached hydrogen (secondary N) is 1. The maximum absolute atomic E-state index is 12.5. The minimum atomic E-state index is -4.92. The Balaban J connectivity index is 0.00000248. The average Bonchev–Trinajstić information content (AvgIpc) is 3.12. The number of para-hydroxylation sites is 1. The smallest absolute Gasteiger partial charge is 0.296 e. The molecule has 0 atom stereocenters. The van der Waals surface area contributed by atoms with Gasteiger partial charge in [-0.3, -0.25) is 13.7 Å². The van der Waals surface area contributed by atoms with Gasteiger partial charge < -0.3 is 15.5 Å². The van der Waals surface area contributed by atoms with Gasteiger partial charge in [0, 0.05) is 122 Å². The summed E-state index contributed by atoms with van der Waals surface area (Å²) in [7, 11) is -14.6. The fourth-order valence-electron chi connectivity index (χ4n) is 5.86. The molecule has 0 amide bonds. The number of nitrogens with zero attached hydrogens (tertiary/aromatic N) is 4. The molecule has 7 aromatic rings. The molecular weight excluding hydrogens is 844 g/mol. The van der Waals surface area contributed by atoms with Crippen molar-refractivity contribution in [1.82, 2.24) is 0 Å². The van der Waals surface area contributed by atoms with Crippen LogP contribution in [0.15, 0.2) is 150 Å². The van der Waals surface area contributed by atoms with Crippen LogP contribution in [0, 0.1) is 0 Å². The second kappa shape index (κ2) is 18.5. The number of rotatable bonds is 9. The Morgan fingerprint density at radius 3 is 1.57 bits per heavy atom. The van der Waals surface area contributed by atoms with Gasteiger partial charge in [-0.1, -0.05) is 42.5 Å². The first kappa shape index (κ1) is 47.3. The molecule has 7 rings (SSSR count). The molecular formula is C36H25N5Na3O11S3. The topological polar surface area (TPSA) is 265 Å². The summed E-state index contributed by atoms with van der Waals surface area (Å²) < 4.78 is 102. The van der Waals surface area contributed by atoms with Gasteiger partial charge in [0.25, 0.3) is 30.4 Å². The van der Waals surface area contributed by atoms with Crippen LogP contribution in [0.3, 0.4) is 0 Å². The third kappa shape index (κ3) is 10.1. The van der Waals surface area contributed by atoms with Crippen molar-refractivity contribution in [3.8, 4) is 11.5 Å². The predicted molar refractivity (Wildman–Crippen MR) is 220 cm³/mol. The van der Waals surface area contributed by atoms with Crippen molar-refractivity contribution in [3.05, 3.63) is 115 Å². The molecule has 7 aromatic carbocycles. The molecule has 0 bridgehead atoms. The third-order valence-corrected chi connectivity index (χ3v) is 10.9. The van der Waals surface area contributed by atoms with Crippen molar-refractivity contribution >= 4 is 185 Å². The van der Waals surface area contributed by atoms with Gasteiger partial charge in [-0.25, -0.2) is 0 Å². The minimum absolute atomic E-state index is 0. The Bertz CT molecular complexity index is 3130. The van der Waals surface area contributed by atoms with E-state index in [1.165, 1.54) is 18.2 Å². The van der Waals surface area contributed by atoms with Crippen LogP contribution in [0.1, 0.15) is 0 Å². The summed E-state index contributed by atoms with van der Waals surface area (Å²) in [6, 6.07) is 28.0. The second-order valence-electron chi connectivity index (χ2n) is 12.0. The van der Waals surface area contributed by atoms with Crippen LogP contribution in [0.25, 0.3) is 32.3 Å². The number of azo groups is 2. The minimum Gasteiger partial charge on any atom is -0.507 e. The molecule has 22 heteroatoms. The van der Waals surface area contributed by atoms with Gasteiger partial charge >= 0.3 is 0 Å². The Labute approximate surface area is 397 Å². The van der Waals surface area contributed by atoms with Crippen LogP contribution in [0.4, 0.5) is 34.1 Å². The van der Waals surface area contributed by atoms with Gasteiger partial charge in [0.1, 0.15) is 16.3 Å². The summed E-state index contributed by atoms with van der Waals surface area (Å²) >= 11 is 0. The zero-order chi connectivity index (χ0) is 39.3. The molecule has 0 aromatic heterocycles. The molecule has 6 N–H and O–H groups in total. The summed E-state index contributed by atoms with van der Waals surface area (Å²) in [4.78, 5) is -2.14. The number of aromatic hydroxyl groups is 2. The van der Waals surface area contributed by atoms with E-state index in [2.05, 4.69) is 25.8 Å². The number of fused-ring (bicyclic) bond motifs is 3. The van der Waals surface area contributed by atoms with E-state index in [-0.39, 0.29) is 127 Å². The van der Waals surface area contributed by atoms with Gasteiger partial charge in [0.15, 0.2) is 5.75 Å². The first-order valence-electron chi connectivity index (χ1n) is 15.7. The fourth-order valence-corrected chi connectivity index (χ4v) is 7.59. The normalized spacial score (nSPS) is 12.1. The molecule has 0 saturated heterocycles. The van der Waals surface area contributed by atoms with E-state index in [1.807, 2.05) is 30.3 Å². The van der Waals surface area contributed by atoms with E-state index < -0.39 is 62.2 Å². The SMILES string of the molecule is O=S(=O)(O)c1cc(O)c2c(N=Nc3ccc(N=Nc4c(S(=O)(=O)O)cc5cc(Nc6ccccc6)ccc5c4O)c4ccccc34)cc(S(=O)(=O)O)cc2c1.[Na].[Na].[Na]. The summed E-state index contributed by atoms with van der Waals surface area (Å²) in [5, 5.41) is 42.6. The number of anilines is 2. The van der Waals surface area contributed by atoms with Crippen LogP contribution in [-0.4, -0.2) is 138 Å². The van der Waals surface area contributed by atoms with Crippen molar-refractivity contribution in [3.63, 3.8) is 0 Å². The maximum Gasteiger partial charge on any atom is 0.296 e. The number of phenolic OH excluding ortho intramolecular Hbond substituents is 2. The van der Waals surface area contributed by atoms with Gasteiger partial charge in [-0.2, -0.15) is 25.3 Å². The van der Waals surface area contributed by atoms with Crippen LogP contribution in [-0.2, 0) is 30.4 Å². The summed E-state index contributed by atoms with van der Waals surface area (Å²) in [5.74, 6) is -1.24. The first-order chi connectivity index (χ1) is 26.0. The Morgan fingerprint density at radius 1 is 0.466 bits per heavy atom. The second-order valence-corrected chi connectivity index (χ2v) is 16.2. The monoisotopic (exact) mass is 868 g/mol. The predicted octanol–water partition coefficient (Wildman–Crippen LogP) is 7.73. The van der Waals surface area contributed by atoms with E-state index in [9.17, 15) is 49.1 Å². The summed E-state index contributed by atoms with van der Waals surface area (Å²) in [6.45, 7) is 0. The van der Waals surface area contributed by atoms with E-state index in [1.54, 1.807) is 42.5 Å². The zero-order valence-corrected chi connectivity index (χ0v) is 39.1. The van der Waals surface area contributed by atoms with Crippen LogP contribution < -0.4 is 5.32 Å². The average molecular weight is 869 g/mol. The largest absolute Gasteiger partial charge is 0.507 e. The number of phenols is 2. The van der Waals surface area contributed by atoms with E-state index in [0.717, 1.165) is 30.0 Å². The number of hydrogen-bond acceptors (Lipinski definition) is 13. The Hall–Kier alpha value is -3.35. The van der Waals surface area contributed by atoms with Crippen molar-refractivity contribution in [1.29, 1.82) is 0 Å². The molecule has 0 aliphatic rings. The van der Waals surface area contributed by atoms with Gasteiger partial charge in [-0.05, 0) is 77.5 Å². The zero-order valence-electron chi connectivity index (χ0n) is 30.7. The molecule has 0 saturated carbocycles. The van der Waals surface area contributed by atoms with E-state index in [4.69, 9.17) is 0 Å². The van der Waals surface area contributed by atoms with Gasteiger partial charge in [0.05, 0.1) is 32.2 Å².